The summed E-state index contributed by atoms with van der Waals surface area (Å²) in [6, 6.07) is 11.2. The third kappa shape index (κ3) is 3.83. The average Bonchev–Trinajstić information content (AvgIpc) is 2.61. The molecule has 2 aromatic heterocycles. The van der Waals surface area contributed by atoms with Crippen molar-refractivity contribution in [3.63, 3.8) is 0 Å². The van der Waals surface area contributed by atoms with Crippen LogP contribution in [-0.4, -0.2) is 36.1 Å². The van der Waals surface area contributed by atoms with E-state index in [4.69, 9.17) is 16.6 Å². The standard InChI is InChI=1S/C20H20ClN3O2S/c1-13-3-4-14-9-16-12-24(8-7-19(16)23-20(14)22-13)11-15-5-6-17(10-18(15)21)27(2,25)26/h3-6,9-10H,7-8,11-12H2,1-2H3. The molecule has 0 aliphatic carbocycles. The number of hydrogen-bond acceptors (Lipinski definition) is 5. The number of pyridine rings is 2. The van der Waals surface area contributed by atoms with Gasteiger partial charge in [0.25, 0.3) is 0 Å². The first-order chi connectivity index (χ1) is 12.8. The molecule has 3 aromatic rings. The predicted octanol–water partition coefficient (Wildman–Crippen LogP) is 3.55. The Bertz CT molecular complexity index is 1150. The van der Waals surface area contributed by atoms with Crippen molar-refractivity contribution in [3.8, 4) is 0 Å². The van der Waals surface area contributed by atoms with Crippen molar-refractivity contribution in [3.05, 3.63) is 63.9 Å². The molecule has 0 fully saturated rings. The van der Waals surface area contributed by atoms with Crippen molar-refractivity contribution in [2.75, 3.05) is 12.8 Å². The highest BCUT2D eigenvalue weighted by Crippen LogP contribution is 2.26. The average molecular weight is 402 g/mol. The van der Waals surface area contributed by atoms with Crippen LogP contribution in [0.2, 0.25) is 5.02 Å². The summed E-state index contributed by atoms with van der Waals surface area (Å²) < 4.78 is 23.3. The zero-order valence-electron chi connectivity index (χ0n) is 15.2. The van der Waals surface area contributed by atoms with Gasteiger partial charge < -0.3 is 0 Å². The minimum absolute atomic E-state index is 0.249. The number of rotatable bonds is 3. The Balaban J connectivity index is 1.57. The van der Waals surface area contributed by atoms with Crippen molar-refractivity contribution in [2.24, 2.45) is 0 Å². The number of aryl methyl sites for hydroxylation is 1. The van der Waals surface area contributed by atoms with Crippen LogP contribution in [0.1, 0.15) is 22.5 Å². The Kier molecular flexibility index (Phi) is 4.66. The van der Waals surface area contributed by atoms with Crippen LogP contribution in [0.3, 0.4) is 0 Å². The molecule has 1 aromatic carbocycles. The van der Waals surface area contributed by atoms with E-state index in [2.05, 4.69) is 22.0 Å². The zero-order valence-corrected chi connectivity index (χ0v) is 16.8. The maximum Gasteiger partial charge on any atom is 0.175 e. The summed E-state index contributed by atoms with van der Waals surface area (Å²) in [6.07, 6.45) is 2.05. The minimum atomic E-state index is -3.25. The van der Waals surface area contributed by atoms with Crippen molar-refractivity contribution in [1.82, 2.24) is 14.9 Å². The third-order valence-corrected chi connectivity index (χ3v) is 6.35. The van der Waals surface area contributed by atoms with Gasteiger partial charge in [-0.3, -0.25) is 4.90 Å². The van der Waals surface area contributed by atoms with E-state index < -0.39 is 9.84 Å². The maximum atomic E-state index is 11.7. The molecule has 4 rings (SSSR count). The summed E-state index contributed by atoms with van der Waals surface area (Å²) in [7, 11) is -3.25. The largest absolute Gasteiger partial charge is 0.294 e. The van der Waals surface area contributed by atoms with Crippen molar-refractivity contribution >= 4 is 32.5 Å². The zero-order chi connectivity index (χ0) is 19.2. The normalized spacial score (nSPS) is 15.1. The van der Waals surface area contributed by atoms with Gasteiger partial charge in [0.05, 0.1) is 4.90 Å². The molecule has 0 saturated heterocycles. The molecule has 0 saturated carbocycles. The highest BCUT2D eigenvalue weighted by atomic mass is 35.5. The first-order valence-corrected chi connectivity index (χ1v) is 11.0. The first kappa shape index (κ1) is 18.3. The minimum Gasteiger partial charge on any atom is -0.294 e. The summed E-state index contributed by atoms with van der Waals surface area (Å²) in [5.74, 6) is 0. The SMILES string of the molecule is Cc1ccc2cc3c(nc2n1)CCN(Cc1ccc(S(C)(=O)=O)cc1Cl)C3. The molecule has 1 aliphatic rings. The van der Waals surface area contributed by atoms with E-state index in [-0.39, 0.29) is 4.90 Å². The fraction of sp³-hybridized carbons (Fsp3) is 0.300. The van der Waals surface area contributed by atoms with Crippen molar-refractivity contribution in [2.45, 2.75) is 31.3 Å². The Labute approximate surface area is 163 Å². The molecule has 27 heavy (non-hydrogen) atoms. The lowest BCUT2D eigenvalue weighted by atomic mass is 10.0. The highest BCUT2D eigenvalue weighted by Gasteiger charge is 2.20. The number of benzene rings is 1. The predicted molar refractivity (Wildman–Crippen MR) is 107 cm³/mol. The van der Waals surface area contributed by atoms with Gasteiger partial charge in [-0.2, -0.15) is 0 Å². The van der Waals surface area contributed by atoms with Crippen LogP contribution >= 0.6 is 11.6 Å². The van der Waals surface area contributed by atoms with Crippen LogP contribution in [-0.2, 0) is 29.3 Å². The van der Waals surface area contributed by atoms with Gasteiger partial charge in [0.2, 0.25) is 0 Å². The molecule has 0 bridgehead atoms. The van der Waals surface area contributed by atoms with Crippen LogP contribution in [0.4, 0.5) is 0 Å². The lowest BCUT2D eigenvalue weighted by Gasteiger charge is -2.28. The molecule has 5 nitrogen and oxygen atoms in total. The fourth-order valence-electron chi connectivity index (χ4n) is 3.43. The van der Waals surface area contributed by atoms with Crippen LogP contribution < -0.4 is 0 Å². The van der Waals surface area contributed by atoms with Gasteiger partial charge in [-0.05, 0) is 48.4 Å². The summed E-state index contributed by atoms with van der Waals surface area (Å²) >= 11 is 6.34. The molecule has 0 spiro atoms. The van der Waals surface area contributed by atoms with Crippen LogP contribution in [0.25, 0.3) is 11.0 Å². The molecule has 0 atom stereocenters. The monoisotopic (exact) mass is 401 g/mol. The van der Waals surface area contributed by atoms with E-state index in [1.165, 1.54) is 17.9 Å². The van der Waals surface area contributed by atoms with Crippen molar-refractivity contribution < 1.29 is 8.42 Å². The molecule has 0 unspecified atom stereocenters. The Morgan fingerprint density at radius 3 is 2.70 bits per heavy atom. The molecule has 1 aliphatic heterocycles. The van der Waals surface area contributed by atoms with Gasteiger partial charge in [-0.1, -0.05) is 17.7 Å². The topological polar surface area (TPSA) is 63.2 Å². The number of sulfone groups is 1. The Morgan fingerprint density at radius 2 is 1.96 bits per heavy atom. The smallest absolute Gasteiger partial charge is 0.175 e. The summed E-state index contributed by atoms with van der Waals surface area (Å²) in [6.45, 7) is 4.31. The lowest BCUT2D eigenvalue weighted by Crippen LogP contribution is -2.30. The van der Waals surface area contributed by atoms with E-state index in [0.717, 1.165) is 47.5 Å². The number of nitrogens with zero attached hydrogens (tertiary/aromatic N) is 3. The van der Waals surface area contributed by atoms with E-state index in [0.29, 0.717) is 11.6 Å². The quantitative estimate of drug-likeness (QED) is 0.671. The number of halogens is 1. The molecular weight excluding hydrogens is 382 g/mol. The van der Waals surface area contributed by atoms with E-state index in [1.807, 2.05) is 13.0 Å². The number of hydrogen-bond donors (Lipinski definition) is 0. The molecule has 0 amide bonds. The van der Waals surface area contributed by atoms with Crippen LogP contribution in [0.5, 0.6) is 0 Å². The van der Waals surface area contributed by atoms with Gasteiger partial charge in [-0.25, -0.2) is 18.4 Å². The molecule has 140 valence electrons. The molecular formula is C20H20ClN3O2S. The molecule has 3 heterocycles. The second-order valence-electron chi connectivity index (χ2n) is 7.08. The van der Waals surface area contributed by atoms with E-state index in [9.17, 15) is 8.42 Å². The van der Waals surface area contributed by atoms with E-state index >= 15 is 0 Å². The number of aromatic nitrogens is 2. The van der Waals surface area contributed by atoms with Gasteiger partial charge in [0, 0.05) is 54.1 Å². The lowest BCUT2D eigenvalue weighted by molar-refractivity contribution is 0.244. The summed E-state index contributed by atoms with van der Waals surface area (Å²) in [5.41, 5.74) is 5.03. The first-order valence-electron chi connectivity index (χ1n) is 8.76. The third-order valence-electron chi connectivity index (χ3n) is 4.89. The Hall–Kier alpha value is -2.02. The van der Waals surface area contributed by atoms with Gasteiger partial charge in [0.15, 0.2) is 15.5 Å². The van der Waals surface area contributed by atoms with Crippen LogP contribution in [0, 0.1) is 6.92 Å². The van der Waals surface area contributed by atoms with Crippen molar-refractivity contribution in [1.29, 1.82) is 0 Å². The second kappa shape index (κ2) is 6.86. The molecule has 0 N–H and O–H groups in total. The fourth-order valence-corrected chi connectivity index (χ4v) is 4.38. The maximum absolute atomic E-state index is 11.7. The van der Waals surface area contributed by atoms with Gasteiger partial charge in [0.1, 0.15) is 0 Å². The molecule has 0 radical (unpaired) electrons. The highest BCUT2D eigenvalue weighted by molar-refractivity contribution is 7.90. The second-order valence-corrected chi connectivity index (χ2v) is 9.50. The van der Waals surface area contributed by atoms with E-state index in [1.54, 1.807) is 12.1 Å². The summed E-state index contributed by atoms with van der Waals surface area (Å²) in [5, 5.41) is 1.54. The summed E-state index contributed by atoms with van der Waals surface area (Å²) in [4.78, 5) is 11.8. The van der Waals surface area contributed by atoms with Gasteiger partial charge in [-0.15, -0.1) is 0 Å². The van der Waals surface area contributed by atoms with Crippen LogP contribution in [0.15, 0.2) is 41.3 Å². The number of fused-ring (bicyclic) bond motifs is 2. The Morgan fingerprint density at radius 1 is 1.15 bits per heavy atom. The van der Waals surface area contributed by atoms with Gasteiger partial charge >= 0.3 is 0 Å². The molecule has 7 heteroatoms.